The van der Waals surface area contributed by atoms with Gasteiger partial charge in [-0.3, -0.25) is 0 Å². The summed E-state index contributed by atoms with van der Waals surface area (Å²) in [5.41, 5.74) is 4.72. The van der Waals surface area contributed by atoms with Gasteiger partial charge in [0.05, 0.1) is 18.4 Å². The molecule has 1 N–H and O–H groups in total. The van der Waals surface area contributed by atoms with E-state index in [1.54, 1.807) is 12.5 Å². The van der Waals surface area contributed by atoms with E-state index in [9.17, 15) is 0 Å². The lowest BCUT2D eigenvalue weighted by molar-refractivity contribution is 0.0439. The number of hydrogen-bond donors (Lipinski definition) is 1. The lowest BCUT2D eigenvalue weighted by Crippen LogP contribution is -2.25. The van der Waals surface area contributed by atoms with Crippen LogP contribution in [0.2, 0.25) is 0 Å². The molecule has 0 amide bonds. The average molecular weight is 255 g/mol. The summed E-state index contributed by atoms with van der Waals surface area (Å²) >= 11 is 0. The molecule has 19 heavy (non-hydrogen) atoms. The van der Waals surface area contributed by atoms with Crippen LogP contribution in [0.25, 0.3) is 11.3 Å². The minimum atomic E-state index is 0.135. The van der Waals surface area contributed by atoms with Crippen LogP contribution in [0.4, 0.5) is 0 Å². The highest BCUT2D eigenvalue weighted by atomic mass is 16.5. The molecule has 2 heterocycles. The van der Waals surface area contributed by atoms with E-state index >= 15 is 0 Å². The van der Waals surface area contributed by atoms with Crippen LogP contribution in [0.1, 0.15) is 17.2 Å². The molecule has 1 aliphatic heterocycles. The Kier molecular flexibility index (Phi) is 3.53. The number of hydrogen-bond acceptors (Lipinski definition) is 4. The lowest BCUT2D eigenvalue weighted by atomic mass is 9.94. The fourth-order valence-corrected chi connectivity index (χ4v) is 2.50. The Balaban J connectivity index is 2.00. The highest BCUT2D eigenvalue weighted by molar-refractivity contribution is 5.61. The maximum absolute atomic E-state index is 5.84. The predicted octanol–water partition coefficient (Wildman–Crippen LogP) is 1.98. The van der Waals surface area contributed by atoms with Crippen molar-refractivity contribution in [1.82, 2.24) is 15.3 Å². The SMILES string of the molecule is CNC[C@H]1OCCc2ccc(-c3ccncn3)cc21. The van der Waals surface area contributed by atoms with Crippen LogP contribution in [-0.4, -0.2) is 30.2 Å². The first-order chi connectivity index (χ1) is 9.38. The zero-order valence-electron chi connectivity index (χ0n) is 11.0. The van der Waals surface area contributed by atoms with Crippen molar-refractivity contribution in [3.8, 4) is 11.3 Å². The number of ether oxygens (including phenoxy) is 1. The molecule has 1 aromatic carbocycles. The maximum Gasteiger partial charge on any atom is 0.116 e. The number of nitrogens with zero attached hydrogens (tertiary/aromatic N) is 2. The molecule has 0 aliphatic carbocycles. The molecule has 1 aliphatic rings. The first kappa shape index (κ1) is 12.3. The number of fused-ring (bicyclic) bond motifs is 1. The van der Waals surface area contributed by atoms with Gasteiger partial charge in [0.15, 0.2) is 0 Å². The van der Waals surface area contributed by atoms with Crippen LogP contribution in [0.3, 0.4) is 0 Å². The van der Waals surface area contributed by atoms with Gasteiger partial charge < -0.3 is 10.1 Å². The Morgan fingerprint density at radius 3 is 3.11 bits per heavy atom. The van der Waals surface area contributed by atoms with Crippen LogP contribution in [0, 0.1) is 0 Å². The van der Waals surface area contributed by atoms with Crippen LogP contribution < -0.4 is 5.32 Å². The maximum atomic E-state index is 5.84. The van der Waals surface area contributed by atoms with Crippen molar-refractivity contribution in [2.24, 2.45) is 0 Å². The molecule has 3 rings (SSSR count). The van der Waals surface area contributed by atoms with Gasteiger partial charge in [-0.2, -0.15) is 0 Å². The summed E-state index contributed by atoms with van der Waals surface area (Å²) in [5.74, 6) is 0. The topological polar surface area (TPSA) is 47.0 Å². The first-order valence-corrected chi connectivity index (χ1v) is 6.54. The second kappa shape index (κ2) is 5.47. The van der Waals surface area contributed by atoms with Crippen molar-refractivity contribution in [3.63, 3.8) is 0 Å². The van der Waals surface area contributed by atoms with Crippen molar-refractivity contribution in [1.29, 1.82) is 0 Å². The highest BCUT2D eigenvalue weighted by Gasteiger charge is 2.20. The van der Waals surface area contributed by atoms with Crippen molar-refractivity contribution in [2.45, 2.75) is 12.5 Å². The lowest BCUT2D eigenvalue weighted by Gasteiger charge is -2.26. The first-order valence-electron chi connectivity index (χ1n) is 6.54. The molecule has 0 spiro atoms. The average Bonchev–Trinajstić information content (AvgIpc) is 2.48. The van der Waals surface area contributed by atoms with E-state index in [2.05, 4.69) is 33.5 Å². The summed E-state index contributed by atoms with van der Waals surface area (Å²) in [7, 11) is 1.95. The van der Waals surface area contributed by atoms with Crippen LogP contribution in [0.5, 0.6) is 0 Å². The number of aromatic nitrogens is 2. The van der Waals surface area contributed by atoms with Crippen molar-refractivity contribution < 1.29 is 4.74 Å². The molecule has 1 atom stereocenters. The monoisotopic (exact) mass is 255 g/mol. The van der Waals surface area contributed by atoms with E-state index < -0.39 is 0 Å². The largest absolute Gasteiger partial charge is 0.372 e. The zero-order chi connectivity index (χ0) is 13.1. The van der Waals surface area contributed by atoms with Gasteiger partial charge in [-0.25, -0.2) is 9.97 Å². The van der Waals surface area contributed by atoms with E-state index in [1.165, 1.54) is 11.1 Å². The summed E-state index contributed by atoms with van der Waals surface area (Å²) < 4.78 is 5.84. The number of likely N-dealkylation sites (N-methyl/N-ethyl adjacent to an activating group) is 1. The predicted molar refractivity (Wildman–Crippen MR) is 73.8 cm³/mol. The van der Waals surface area contributed by atoms with Gasteiger partial charge in [-0.15, -0.1) is 0 Å². The number of rotatable bonds is 3. The van der Waals surface area contributed by atoms with Gasteiger partial charge in [-0.05, 0) is 36.7 Å². The van der Waals surface area contributed by atoms with Gasteiger partial charge >= 0.3 is 0 Å². The van der Waals surface area contributed by atoms with Crippen LogP contribution in [0.15, 0.2) is 36.8 Å². The van der Waals surface area contributed by atoms with E-state index in [1.807, 2.05) is 13.1 Å². The third kappa shape index (κ3) is 2.50. The van der Waals surface area contributed by atoms with Gasteiger partial charge in [0, 0.05) is 18.3 Å². The Bertz CT molecular complexity index is 557. The molecular weight excluding hydrogens is 238 g/mol. The molecule has 98 valence electrons. The van der Waals surface area contributed by atoms with E-state index in [4.69, 9.17) is 4.74 Å². The third-order valence-electron chi connectivity index (χ3n) is 3.45. The minimum Gasteiger partial charge on any atom is -0.372 e. The fourth-order valence-electron chi connectivity index (χ4n) is 2.50. The molecular formula is C15H17N3O. The zero-order valence-corrected chi connectivity index (χ0v) is 11.0. The third-order valence-corrected chi connectivity index (χ3v) is 3.45. The van der Waals surface area contributed by atoms with Crippen molar-refractivity contribution in [2.75, 3.05) is 20.2 Å². The summed E-state index contributed by atoms with van der Waals surface area (Å²) in [6.45, 7) is 1.63. The van der Waals surface area contributed by atoms with E-state index in [0.29, 0.717) is 0 Å². The Morgan fingerprint density at radius 1 is 1.37 bits per heavy atom. The summed E-state index contributed by atoms with van der Waals surface area (Å²) in [5, 5.41) is 3.19. The number of benzene rings is 1. The fraction of sp³-hybridized carbons (Fsp3) is 0.333. The molecule has 0 fully saturated rings. The molecule has 2 aromatic rings. The smallest absolute Gasteiger partial charge is 0.116 e. The summed E-state index contributed by atoms with van der Waals surface area (Å²) in [6.07, 6.45) is 4.47. The second-order valence-electron chi connectivity index (χ2n) is 4.68. The van der Waals surface area contributed by atoms with Crippen molar-refractivity contribution in [3.05, 3.63) is 47.9 Å². The molecule has 0 saturated carbocycles. The minimum absolute atomic E-state index is 0.135. The molecule has 1 aromatic heterocycles. The normalized spacial score (nSPS) is 18.1. The second-order valence-corrected chi connectivity index (χ2v) is 4.68. The van der Waals surface area contributed by atoms with Crippen molar-refractivity contribution >= 4 is 0 Å². The summed E-state index contributed by atoms with van der Waals surface area (Å²) in [6, 6.07) is 8.44. The quantitative estimate of drug-likeness (QED) is 0.911. The van der Waals surface area contributed by atoms with E-state index in [0.717, 1.165) is 30.8 Å². The highest BCUT2D eigenvalue weighted by Crippen LogP contribution is 2.30. The molecule has 0 bridgehead atoms. The molecule has 0 unspecified atom stereocenters. The molecule has 0 saturated heterocycles. The van der Waals surface area contributed by atoms with Crippen LogP contribution >= 0.6 is 0 Å². The van der Waals surface area contributed by atoms with Gasteiger partial charge in [0.25, 0.3) is 0 Å². The Labute approximate surface area is 112 Å². The standard InChI is InChI=1S/C15H17N3O/c1-16-9-15-13-8-12(14-4-6-17-10-18-14)3-2-11(13)5-7-19-15/h2-4,6,8,10,15-16H,5,7,9H2,1H3/t15-/m1/s1. The Morgan fingerprint density at radius 2 is 2.32 bits per heavy atom. The van der Waals surface area contributed by atoms with Crippen LogP contribution in [-0.2, 0) is 11.2 Å². The Hall–Kier alpha value is -1.78. The number of nitrogens with one attached hydrogen (secondary N) is 1. The molecule has 4 nitrogen and oxygen atoms in total. The van der Waals surface area contributed by atoms with E-state index in [-0.39, 0.29) is 6.10 Å². The van der Waals surface area contributed by atoms with Gasteiger partial charge in [-0.1, -0.05) is 12.1 Å². The summed E-state index contributed by atoms with van der Waals surface area (Å²) in [4.78, 5) is 8.26. The molecule has 0 radical (unpaired) electrons. The van der Waals surface area contributed by atoms with Gasteiger partial charge in [0.1, 0.15) is 6.33 Å². The van der Waals surface area contributed by atoms with Gasteiger partial charge in [0.2, 0.25) is 0 Å². The molecule has 4 heteroatoms.